The molecule has 0 aliphatic heterocycles. The minimum absolute atomic E-state index is 0.252. The smallest absolute Gasteiger partial charge is 0.325 e. The van der Waals surface area contributed by atoms with Crippen LogP contribution in [0.2, 0.25) is 0 Å². The summed E-state index contributed by atoms with van der Waals surface area (Å²) in [6.07, 6.45) is 2.84. The number of methoxy groups -OCH3 is 1. The third-order valence-corrected chi connectivity index (χ3v) is 3.86. The van der Waals surface area contributed by atoms with Crippen molar-refractivity contribution in [2.45, 2.75) is 31.0 Å². The van der Waals surface area contributed by atoms with Gasteiger partial charge in [0, 0.05) is 0 Å². The van der Waals surface area contributed by atoms with Crippen LogP contribution in [0.3, 0.4) is 0 Å². The minimum Gasteiger partial charge on any atom is -0.496 e. The van der Waals surface area contributed by atoms with Crippen molar-refractivity contribution in [3.63, 3.8) is 0 Å². The summed E-state index contributed by atoms with van der Waals surface area (Å²) in [5.41, 5.74) is 0. The molecular formula is C13H16Br2O3. The van der Waals surface area contributed by atoms with Crippen molar-refractivity contribution in [2.24, 2.45) is 0 Å². The Hall–Kier alpha value is -0.550. The van der Waals surface area contributed by atoms with Crippen LogP contribution in [0.1, 0.15) is 26.2 Å². The molecule has 0 radical (unpaired) electrons. The van der Waals surface area contributed by atoms with Crippen LogP contribution in [0.4, 0.5) is 0 Å². The lowest BCUT2D eigenvalue weighted by atomic mass is 10.2. The van der Waals surface area contributed by atoms with Crippen molar-refractivity contribution in [2.75, 3.05) is 7.11 Å². The van der Waals surface area contributed by atoms with Gasteiger partial charge in [-0.25, -0.2) is 0 Å². The maximum absolute atomic E-state index is 11.8. The summed E-state index contributed by atoms with van der Waals surface area (Å²) in [5, 5.41) is 0. The average molecular weight is 380 g/mol. The van der Waals surface area contributed by atoms with Gasteiger partial charge in [0.05, 0.1) is 11.6 Å². The molecule has 1 aromatic carbocycles. The Kier molecular flexibility index (Phi) is 6.71. The van der Waals surface area contributed by atoms with E-state index in [1.54, 1.807) is 25.3 Å². The second kappa shape index (κ2) is 7.79. The molecule has 0 unspecified atom stereocenters. The second-order valence-electron chi connectivity index (χ2n) is 3.83. The highest BCUT2D eigenvalue weighted by atomic mass is 79.9. The zero-order valence-electron chi connectivity index (χ0n) is 10.4. The van der Waals surface area contributed by atoms with Crippen LogP contribution in [0.15, 0.2) is 22.7 Å². The minimum atomic E-state index is -0.263. The summed E-state index contributed by atoms with van der Waals surface area (Å²) in [6, 6.07) is 5.18. The van der Waals surface area contributed by atoms with Gasteiger partial charge in [0.2, 0.25) is 0 Å². The third-order valence-electron chi connectivity index (χ3n) is 2.41. The first-order valence-electron chi connectivity index (χ1n) is 5.77. The van der Waals surface area contributed by atoms with Gasteiger partial charge in [0.15, 0.2) is 0 Å². The molecule has 0 fully saturated rings. The number of hydrogen-bond donors (Lipinski definition) is 0. The topological polar surface area (TPSA) is 35.5 Å². The summed E-state index contributed by atoms with van der Waals surface area (Å²) in [4.78, 5) is 11.5. The molecule has 0 aliphatic rings. The van der Waals surface area contributed by atoms with E-state index in [0.29, 0.717) is 11.5 Å². The SMILES string of the molecule is CCCC[C@H](Br)C(=O)Oc1ccc(OC)c(Br)c1. The summed E-state index contributed by atoms with van der Waals surface area (Å²) < 4.78 is 11.2. The molecule has 0 saturated heterocycles. The van der Waals surface area contributed by atoms with Crippen LogP contribution in [0.5, 0.6) is 11.5 Å². The summed E-state index contributed by atoms with van der Waals surface area (Å²) >= 11 is 6.69. The quantitative estimate of drug-likeness (QED) is 0.419. The Bertz CT molecular complexity index is 407. The molecule has 0 amide bonds. The van der Waals surface area contributed by atoms with Crippen LogP contribution in [-0.2, 0) is 4.79 Å². The van der Waals surface area contributed by atoms with Crippen molar-refractivity contribution in [3.05, 3.63) is 22.7 Å². The van der Waals surface area contributed by atoms with E-state index in [9.17, 15) is 4.79 Å². The fourth-order valence-corrected chi connectivity index (χ4v) is 2.33. The predicted molar refractivity (Wildman–Crippen MR) is 78.6 cm³/mol. The molecule has 1 atom stereocenters. The molecule has 0 aliphatic carbocycles. The highest BCUT2D eigenvalue weighted by molar-refractivity contribution is 9.10. The molecule has 1 rings (SSSR count). The Morgan fingerprint density at radius 1 is 1.44 bits per heavy atom. The number of hydrogen-bond acceptors (Lipinski definition) is 3. The monoisotopic (exact) mass is 378 g/mol. The van der Waals surface area contributed by atoms with Gasteiger partial charge in [0.25, 0.3) is 0 Å². The zero-order valence-corrected chi connectivity index (χ0v) is 13.6. The Labute approximate surface area is 124 Å². The summed E-state index contributed by atoms with van der Waals surface area (Å²) in [7, 11) is 1.59. The van der Waals surface area contributed by atoms with E-state index in [-0.39, 0.29) is 10.8 Å². The van der Waals surface area contributed by atoms with E-state index in [4.69, 9.17) is 9.47 Å². The summed E-state index contributed by atoms with van der Waals surface area (Å²) in [6.45, 7) is 2.09. The molecule has 0 bridgehead atoms. The molecule has 18 heavy (non-hydrogen) atoms. The number of alkyl halides is 1. The van der Waals surface area contributed by atoms with Gasteiger partial charge in [-0.1, -0.05) is 35.7 Å². The Morgan fingerprint density at radius 3 is 2.72 bits per heavy atom. The first-order valence-corrected chi connectivity index (χ1v) is 7.48. The van der Waals surface area contributed by atoms with Crippen LogP contribution in [0.25, 0.3) is 0 Å². The highest BCUT2D eigenvalue weighted by Crippen LogP contribution is 2.29. The average Bonchev–Trinajstić information content (AvgIpc) is 2.36. The molecule has 0 spiro atoms. The van der Waals surface area contributed by atoms with E-state index >= 15 is 0 Å². The van der Waals surface area contributed by atoms with Crippen molar-refractivity contribution in [1.82, 2.24) is 0 Å². The number of carbonyl (C=O) groups is 1. The molecular weight excluding hydrogens is 364 g/mol. The number of esters is 1. The number of benzene rings is 1. The normalized spacial score (nSPS) is 12.0. The molecule has 100 valence electrons. The summed E-state index contributed by atoms with van der Waals surface area (Å²) in [5.74, 6) is 0.949. The van der Waals surface area contributed by atoms with Crippen molar-refractivity contribution in [3.8, 4) is 11.5 Å². The number of rotatable bonds is 6. The van der Waals surface area contributed by atoms with Gasteiger partial charge >= 0.3 is 5.97 Å². The first kappa shape index (κ1) is 15.5. The van der Waals surface area contributed by atoms with E-state index < -0.39 is 0 Å². The predicted octanol–water partition coefficient (Wildman–Crippen LogP) is 4.32. The van der Waals surface area contributed by atoms with E-state index in [1.165, 1.54) is 0 Å². The van der Waals surface area contributed by atoms with Gasteiger partial charge in [-0.15, -0.1) is 0 Å². The molecule has 0 aromatic heterocycles. The maximum Gasteiger partial charge on any atom is 0.325 e. The lowest BCUT2D eigenvalue weighted by Crippen LogP contribution is -2.20. The fraction of sp³-hybridized carbons (Fsp3) is 0.462. The van der Waals surface area contributed by atoms with Gasteiger partial charge in [0.1, 0.15) is 16.3 Å². The number of halogens is 2. The molecule has 3 nitrogen and oxygen atoms in total. The van der Waals surface area contributed by atoms with Crippen molar-refractivity contribution >= 4 is 37.8 Å². The van der Waals surface area contributed by atoms with Crippen LogP contribution in [0, 0.1) is 0 Å². The number of unbranched alkanes of at least 4 members (excludes halogenated alkanes) is 1. The lowest BCUT2D eigenvalue weighted by Gasteiger charge is -2.10. The van der Waals surface area contributed by atoms with E-state index in [1.807, 2.05) is 0 Å². The van der Waals surface area contributed by atoms with Crippen LogP contribution < -0.4 is 9.47 Å². The Balaban J connectivity index is 2.61. The van der Waals surface area contributed by atoms with Gasteiger partial charge < -0.3 is 9.47 Å². The first-order chi connectivity index (χ1) is 8.58. The number of ether oxygens (including phenoxy) is 2. The van der Waals surface area contributed by atoms with Gasteiger partial charge in [-0.05, 0) is 40.5 Å². The zero-order chi connectivity index (χ0) is 13.5. The largest absolute Gasteiger partial charge is 0.496 e. The van der Waals surface area contributed by atoms with E-state index in [2.05, 4.69) is 38.8 Å². The van der Waals surface area contributed by atoms with Crippen molar-refractivity contribution < 1.29 is 14.3 Å². The van der Waals surface area contributed by atoms with Crippen molar-refractivity contribution in [1.29, 1.82) is 0 Å². The van der Waals surface area contributed by atoms with Gasteiger partial charge in [-0.2, -0.15) is 0 Å². The molecule has 5 heteroatoms. The molecule has 0 heterocycles. The molecule has 0 saturated carbocycles. The standard InChI is InChI=1S/C13H16Br2O3/c1-3-4-5-10(14)13(16)18-9-6-7-12(17-2)11(15)8-9/h6-8,10H,3-5H2,1-2H3/t10-/m0/s1. The molecule has 0 N–H and O–H groups in total. The highest BCUT2D eigenvalue weighted by Gasteiger charge is 2.17. The second-order valence-corrected chi connectivity index (χ2v) is 5.79. The fourth-order valence-electron chi connectivity index (χ4n) is 1.39. The van der Waals surface area contributed by atoms with E-state index in [0.717, 1.165) is 23.7 Å². The van der Waals surface area contributed by atoms with Crippen LogP contribution in [-0.4, -0.2) is 17.9 Å². The van der Waals surface area contributed by atoms with Crippen LogP contribution >= 0.6 is 31.9 Å². The lowest BCUT2D eigenvalue weighted by molar-refractivity contribution is -0.133. The molecule has 1 aromatic rings. The number of carbonyl (C=O) groups excluding carboxylic acids is 1. The maximum atomic E-state index is 11.8. The third kappa shape index (κ3) is 4.61. The van der Waals surface area contributed by atoms with Gasteiger partial charge in [-0.3, -0.25) is 4.79 Å². The Morgan fingerprint density at radius 2 is 2.17 bits per heavy atom.